The van der Waals surface area contributed by atoms with Crippen molar-refractivity contribution in [2.75, 3.05) is 17.6 Å². The van der Waals surface area contributed by atoms with Crippen LogP contribution >= 0.6 is 27.3 Å². The summed E-state index contributed by atoms with van der Waals surface area (Å²) in [6, 6.07) is 5.15. The van der Waals surface area contributed by atoms with Gasteiger partial charge in [0.15, 0.2) is 0 Å². The molecule has 4 nitrogen and oxygen atoms in total. The number of nitrogens with one attached hydrogen (secondary N) is 1. The maximum atomic E-state index is 12.5. The molecular weight excluding hydrogens is 357 g/mol. The number of thiophene rings is 1. The maximum Gasteiger partial charge on any atom is 0.451 e. The number of alkyl halides is 3. The quantitative estimate of drug-likeness (QED) is 0.868. The molecule has 0 radical (unpaired) electrons. The van der Waals surface area contributed by atoms with Gasteiger partial charge in [0.05, 0.1) is 3.79 Å². The van der Waals surface area contributed by atoms with Gasteiger partial charge < -0.3 is 11.1 Å². The summed E-state index contributed by atoms with van der Waals surface area (Å²) in [4.78, 5) is 7.69. The van der Waals surface area contributed by atoms with Crippen molar-refractivity contribution in [2.24, 2.45) is 0 Å². The van der Waals surface area contributed by atoms with Crippen molar-refractivity contribution in [1.82, 2.24) is 9.97 Å². The van der Waals surface area contributed by atoms with Crippen LogP contribution in [-0.2, 0) is 12.6 Å². The number of hydrogen-bond donors (Lipinski definition) is 2. The van der Waals surface area contributed by atoms with E-state index in [1.54, 1.807) is 11.3 Å². The van der Waals surface area contributed by atoms with Crippen LogP contribution in [0.4, 0.5) is 24.8 Å². The summed E-state index contributed by atoms with van der Waals surface area (Å²) in [5, 5.41) is 2.82. The maximum absolute atomic E-state index is 12.5. The van der Waals surface area contributed by atoms with E-state index in [1.807, 2.05) is 12.1 Å². The lowest BCUT2D eigenvalue weighted by Crippen LogP contribution is -2.15. The number of aromatic nitrogens is 2. The van der Waals surface area contributed by atoms with Crippen LogP contribution in [0.25, 0.3) is 0 Å². The van der Waals surface area contributed by atoms with Gasteiger partial charge in [0, 0.05) is 17.5 Å². The van der Waals surface area contributed by atoms with Crippen LogP contribution in [0, 0.1) is 0 Å². The Morgan fingerprint density at radius 1 is 1.30 bits per heavy atom. The largest absolute Gasteiger partial charge is 0.451 e. The minimum Gasteiger partial charge on any atom is -0.384 e. The van der Waals surface area contributed by atoms with Crippen LogP contribution in [0.15, 0.2) is 22.0 Å². The molecule has 0 saturated heterocycles. The minimum atomic E-state index is -4.61. The van der Waals surface area contributed by atoms with Crippen LogP contribution in [0.2, 0.25) is 0 Å². The Kier molecular flexibility index (Phi) is 4.48. The molecule has 2 rings (SSSR count). The average molecular weight is 367 g/mol. The average Bonchev–Trinajstić information content (AvgIpc) is 2.73. The lowest BCUT2D eigenvalue weighted by atomic mass is 10.3. The number of anilines is 2. The van der Waals surface area contributed by atoms with Crippen molar-refractivity contribution in [3.63, 3.8) is 0 Å². The molecule has 0 aliphatic rings. The lowest BCUT2D eigenvalue weighted by molar-refractivity contribution is -0.144. The number of nitrogens with two attached hydrogens (primary N) is 1. The van der Waals surface area contributed by atoms with E-state index in [0.29, 0.717) is 13.0 Å². The molecule has 2 heterocycles. The molecule has 0 amide bonds. The molecule has 0 aliphatic heterocycles. The summed E-state index contributed by atoms with van der Waals surface area (Å²) in [6.07, 6.45) is -3.92. The standard InChI is InChI=1S/C11H10BrF3N4S/c12-7-2-1-6(20-7)3-4-17-9-5-8(16)18-10(19-9)11(13,14)15/h1-2,5H,3-4H2,(H3,16,17,18,19). The zero-order chi connectivity index (χ0) is 14.8. The first kappa shape index (κ1) is 15.0. The number of hydrogen-bond acceptors (Lipinski definition) is 5. The van der Waals surface area contributed by atoms with Crippen LogP contribution in [0.1, 0.15) is 10.7 Å². The summed E-state index contributed by atoms with van der Waals surface area (Å²) in [5.74, 6) is -1.38. The third-order valence-electron chi connectivity index (χ3n) is 2.31. The summed E-state index contributed by atoms with van der Waals surface area (Å²) < 4.78 is 38.6. The van der Waals surface area contributed by atoms with E-state index in [4.69, 9.17) is 5.73 Å². The predicted molar refractivity (Wildman–Crippen MR) is 75.7 cm³/mol. The van der Waals surface area contributed by atoms with E-state index in [-0.39, 0.29) is 11.6 Å². The van der Waals surface area contributed by atoms with Gasteiger partial charge in [-0.1, -0.05) is 0 Å². The SMILES string of the molecule is Nc1cc(NCCc2ccc(Br)s2)nc(C(F)(F)F)n1. The van der Waals surface area contributed by atoms with Crippen molar-refractivity contribution in [3.05, 3.63) is 32.7 Å². The second-order valence-corrected chi connectivity index (χ2v) is 6.43. The van der Waals surface area contributed by atoms with Crippen LogP contribution in [-0.4, -0.2) is 16.5 Å². The fraction of sp³-hybridized carbons (Fsp3) is 0.273. The smallest absolute Gasteiger partial charge is 0.384 e. The molecule has 108 valence electrons. The first-order valence-corrected chi connectivity index (χ1v) is 7.15. The molecule has 0 spiro atoms. The number of nitrogen functional groups attached to an aromatic ring is 1. The molecule has 0 saturated carbocycles. The zero-order valence-corrected chi connectivity index (χ0v) is 12.4. The Morgan fingerprint density at radius 3 is 2.65 bits per heavy atom. The normalized spacial score (nSPS) is 11.6. The fourth-order valence-electron chi connectivity index (χ4n) is 1.48. The van der Waals surface area contributed by atoms with Gasteiger partial charge in [-0.05, 0) is 34.5 Å². The van der Waals surface area contributed by atoms with E-state index in [0.717, 1.165) is 8.66 Å². The molecule has 0 fully saturated rings. The minimum absolute atomic E-state index is 0.0699. The molecule has 9 heteroatoms. The number of nitrogens with zero attached hydrogens (tertiary/aromatic N) is 2. The summed E-state index contributed by atoms with van der Waals surface area (Å²) in [6.45, 7) is 0.459. The van der Waals surface area contributed by atoms with E-state index in [9.17, 15) is 13.2 Å². The fourth-order valence-corrected chi connectivity index (χ4v) is 2.97. The van der Waals surface area contributed by atoms with Crippen molar-refractivity contribution in [2.45, 2.75) is 12.6 Å². The number of rotatable bonds is 4. The van der Waals surface area contributed by atoms with Gasteiger partial charge in [-0.2, -0.15) is 13.2 Å². The van der Waals surface area contributed by atoms with E-state index < -0.39 is 12.0 Å². The molecule has 0 aliphatic carbocycles. The van der Waals surface area contributed by atoms with Crippen molar-refractivity contribution >= 4 is 38.9 Å². The Hall–Kier alpha value is -1.35. The lowest BCUT2D eigenvalue weighted by Gasteiger charge is -2.09. The molecule has 0 atom stereocenters. The summed E-state index contributed by atoms with van der Waals surface area (Å²) >= 11 is 4.92. The Balaban J connectivity index is 2.00. The van der Waals surface area contributed by atoms with Gasteiger partial charge >= 0.3 is 6.18 Å². The number of halogens is 4. The third kappa shape index (κ3) is 4.07. The van der Waals surface area contributed by atoms with Gasteiger partial charge in [-0.15, -0.1) is 11.3 Å². The molecule has 2 aromatic heterocycles. The monoisotopic (exact) mass is 366 g/mol. The van der Waals surface area contributed by atoms with Gasteiger partial charge in [0.1, 0.15) is 11.6 Å². The first-order chi connectivity index (χ1) is 9.34. The first-order valence-electron chi connectivity index (χ1n) is 5.54. The van der Waals surface area contributed by atoms with E-state index in [1.165, 1.54) is 6.07 Å². The molecule has 0 bridgehead atoms. The van der Waals surface area contributed by atoms with E-state index in [2.05, 4.69) is 31.2 Å². The summed E-state index contributed by atoms with van der Waals surface area (Å²) in [5.41, 5.74) is 5.35. The second kappa shape index (κ2) is 5.96. The van der Waals surface area contributed by atoms with Crippen LogP contribution in [0.3, 0.4) is 0 Å². The second-order valence-electron chi connectivity index (χ2n) is 3.88. The highest BCUT2D eigenvalue weighted by Gasteiger charge is 2.35. The van der Waals surface area contributed by atoms with Crippen LogP contribution in [0.5, 0.6) is 0 Å². The van der Waals surface area contributed by atoms with Crippen molar-refractivity contribution in [1.29, 1.82) is 0 Å². The molecule has 2 aromatic rings. The molecule has 20 heavy (non-hydrogen) atoms. The molecule has 0 aromatic carbocycles. The van der Waals surface area contributed by atoms with E-state index >= 15 is 0 Å². The topological polar surface area (TPSA) is 63.8 Å². The van der Waals surface area contributed by atoms with Gasteiger partial charge in [0.2, 0.25) is 5.82 Å². The predicted octanol–water partition coefficient (Wildman–Crippen LogP) is 3.56. The highest BCUT2D eigenvalue weighted by Crippen LogP contribution is 2.27. The highest BCUT2D eigenvalue weighted by atomic mass is 79.9. The Labute approximate surface area is 125 Å². The van der Waals surface area contributed by atoms with Crippen molar-refractivity contribution < 1.29 is 13.2 Å². The van der Waals surface area contributed by atoms with Gasteiger partial charge in [-0.3, -0.25) is 0 Å². The Bertz CT molecular complexity index is 600. The Morgan fingerprint density at radius 2 is 2.05 bits per heavy atom. The zero-order valence-electron chi connectivity index (χ0n) is 10.0. The van der Waals surface area contributed by atoms with Gasteiger partial charge in [-0.25, -0.2) is 9.97 Å². The van der Waals surface area contributed by atoms with Crippen molar-refractivity contribution in [3.8, 4) is 0 Å². The van der Waals surface area contributed by atoms with Crippen LogP contribution < -0.4 is 11.1 Å². The molecular formula is C11H10BrF3N4S. The molecule has 3 N–H and O–H groups in total. The third-order valence-corrected chi connectivity index (χ3v) is 3.99. The molecule has 0 unspecified atom stereocenters. The summed E-state index contributed by atoms with van der Waals surface area (Å²) in [7, 11) is 0. The highest BCUT2D eigenvalue weighted by molar-refractivity contribution is 9.11. The van der Waals surface area contributed by atoms with Gasteiger partial charge in [0.25, 0.3) is 0 Å².